The number of carbonyl (C=O) groups excluding carboxylic acids is 5. The monoisotopic (exact) mass is 703 g/mol. The average molecular weight is 704 g/mol. The molecule has 1 aromatic carbocycles. The number of anilines is 2. The standard InChI is InChI=1S/C23H29N9O6.C10H12N2O/c1-25-23(24)32-20-18(12-33)30-16(11-29-20)10-28-15-4-2-14(3-5-15)21(36)31-17(22(37)38)6-7-19(35)27-9-8-26-13-34;1-12-9(4-5-10(12)13)8-3-2-6-11-7-8/h2-5,11-13,17,28H,6-10H2,1H3,(H,26,34)(H,27,35)(H,31,36)(H,37,38)(H3,24,25,29,32);2-3,6-7,9H,4-5H2,1H3. The predicted molar refractivity (Wildman–Crippen MR) is 187 cm³/mol. The maximum absolute atomic E-state index is 12.5. The third-order valence-electron chi connectivity index (χ3n) is 7.57. The van der Waals surface area contributed by atoms with Crippen LogP contribution in [0.15, 0.2) is 60.0 Å². The fraction of sp³-hybridized carbons (Fsp3) is 0.333. The topological polar surface area (TPSA) is 263 Å². The molecule has 1 saturated heterocycles. The van der Waals surface area contributed by atoms with E-state index in [4.69, 9.17) is 5.73 Å². The second-order valence-electron chi connectivity index (χ2n) is 11.0. The molecule has 0 aliphatic carbocycles. The van der Waals surface area contributed by atoms with Gasteiger partial charge in [0.25, 0.3) is 5.91 Å². The van der Waals surface area contributed by atoms with E-state index in [0.29, 0.717) is 30.5 Å². The molecule has 2 unspecified atom stereocenters. The van der Waals surface area contributed by atoms with Crippen molar-refractivity contribution >= 4 is 53.9 Å². The first-order valence-electron chi connectivity index (χ1n) is 15.8. The second kappa shape index (κ2) is 20.1. The number of carboxylic acids is 1. The molecule has 3 heterocycles. The number of nitrogens with zero attached hydrogens (tertiary/aromatic N) is 5. The number of benzene rings is 1. The van der Waals surface area contributed by atoms with Crippen LogP contribution < -0.4 is 32.3 Å². The molecule has 2 atom stereocenters. The highest BCUT2D eigenvalue weighted by Gasteiger charge is 2.28. The average Bonchev–Trinajstić information content (AvgIpc) is 3.48. The molecule has 4 amide bonds. The number of rotatable bonds is 16. The SMILES string of the molecule is CN1C(=O)CCC1c1cccnc1.CN=C(N)Nc1ncc(CNc2ccc(C(=O)NC(CCC(=O)NCCNC=O)C(=O)O)cc2)nc1C=O. The molecule has 51 heavy (non-hydrogen) atoms. The van der Waals surface area contributed by atoms with E-state index >= 15 is 0 Å². The van der Waals surface area contributed by atoms with Gasteiger partial charge in [-0.15, -0.1) is 0 Å². The number of aliphatic imine (C=N–C) groups is 1. The van der Waals surface area contributed by atoms with Crippen molar-refractivity contribution in [2.75, 3.05) is 37.8 Å². The van der Waals surface area contributed by atoms with Gasteiger partial charge in [0.2, 0.25) is 18.2 Å². The van der Waals surface area contributed by atoms with Gasteiger partial charge in [-0.2, -0.15) is 0 Å². The molecule has 4 rings (SSSR count). The zero-order chi connectivity index (χ0) is 37.2. The summed E-state index contributed by atoms with van der Waals surface area (Å²) in [6.45, 7) is 0.685. The van der Waals surface area contributed by atoms with Crippen molar-refractivity contribution in [1.29, 1.82) is 0 Å². The van der Waals surface area contributed by atoms with Crippen LogP contribution in [0.3, 0.4) is 0 Å². The molecule has 0 saturated carbocycles. The number of hydrogen-bond acceptors (Lipinski definition) is 11. The number of pyridine rings is 1. The minimum Gasteiger partial charge on any atom is -0.480 e. The van der Waals surface area contributed by atoms with Crippen molar-refractivity contribution in [3.63, 3.8) is 0 Å². The molecular formula is C33H41N11O7. The smallest absolute Gasteiger partial charge is 0.326 e. The molecule has 0 radical (unpaired) electrons. The Balaban J connectivity index is 0.000000446. The van der Waals surface area contributed by atoms with Gasteiger partial charge < -0.3 is 42.3 Å². The van der Waals surface area contributed by atoms with Crippen molar-refractivity contribution < 1.29 is 33.9 Å². The van der Waals surface area contributed by atoms with Crippen molar-refractivity contribution in [1.82, 2.24) is 35.8 Å². The lowest BCUT2D eigenvalue weighted by Crippen LogP contribution is -2.42. The van der Waals surface area contributed by atoms with E-state index in [1.54, 1.807) is 23.2 Å². The highest BCUT2D eigenvalue weighted by atomic mass is 16.4. The Labute approximate surface area is 293 Å². The van der Waals surface area contributed by atoms with Gasteiger partial charge in [-0.25, -0.2) is 14.8 Å². The molecule has 1 aliphatic heterocycles. The summed E-state index contributed by atoms with van der Waals surface area (Å²) in [6.07, 6.45) is 7.44. The molecule has 1 fully saturated rings. The summed E-state index contributed by atoms with van der Waals surface area (Å²) in [5.41, 5.74) is 8.11. The van der Waals surface area contributed by atoms with E-state index < -0.39 is 23.8 Å². The molecule has 1 aliphatic rings. The van der Waals surface area contributed by atoms with Gasteiger partial charge in [0.1, 0.15) is 11.7 Å². The molecule has 270 valence electrons. The quantitative estimate of drug-likeness (QED) is 0.0463. The number of carbonyl (C=O) groups is 6. The van der Waals surface area contributed by atoms with Crippen LogP contribution in [0.1, 0.15) is 63.8 Å². The first-order valence-corrected chi connectivity index (χ1v) is 15.8. The molecular weight excluding hydrogens is 662 g/mol. The number of likely N-dealkylation sites (tertiary alicyclic amines) is 1. The largest absolute Gasteiger partial charge is 0.480 e. The molecule has 0 bridgehead atoms. The van der Waals surface area contributed by atoms with E-state index in [-0.39, 0.29) is 67.5 Å². The number of aromatic nitrogens is 3. The van der Waals surface area contributed by atoms with Crippen LogP contribution in [0, 0.1) is 0 Å². The van der Waals surface area contributed by atoms with Crippen LogP contribution in [-0.4, -0.2) is 101 Å². The Bertz CT molecular complexity index is 1690. The number of aldehydes is 1. The first-order chi connectivity index (χ1) is 24.6. The Hall–Kier alpha value is -6.46. The molecule has 18 nitrogen and oxygen atoms in total. The van der Waals surface area contributed by atoms with Gasteiger partial charge >= 0.3 is 5.97 Å². The third-order valence-corrected chi connectivity index (χ3v) is 7.57. The van der Waals surface area contributed by atoms with Crippen LogP contribution in [0.2, 0.25) is 0 Å². The Morgan fingerprint density at radius 3 is 2.51 bits per heavy atom. The molecule has 8 N–H and O–H groups in total. The number of hydrogen-bond donors (Lipinski definition) is 7. The maximum atomic E-state index is 12.5. The summed E-state index contributed by atoms with van der Waals surface area (Å²) in [4.78, 5) is 86.6. The summed E-state index contributed by atoms with van der Waals surface area (Å²) in [7, 11) is 3.34. The van der Waals surface area contributed by atoms with Crippen LogP contribution in [-0.2, 0) is 25.7 Å². The second-order valence-corrected chi connectivity index (χ2v) is 11.0. The Morgan fingerprint density at radius 1 is 1.14 bits per heavy atom. The number of nitrogens with one attached hydrogen (secondary N) is 5. The summed E-state index contributed by atoms with van der Waals surface area (Å²) >= 11 is 0. The summed E-state index contributed by atoms with van der Waals surface area (Å²) < 4.78 is 0. The lowest BCUT2D eigenvalue weighted by molar-refractivity contribution is -0.139. The zero-order valence-electron chi connectivity index (χ0n) is 28.2. The van der Waals surface area contributed by atoms with E-state index in [1.807, 2.05) is 25.4 Å². The minimum absolute atomic E-state index is 0.0586. The minimum atomic E-state index is -1.27. The fourth-order valence-corrected chi connectivity index (χ4v) is 4.78. The number of nitrogens with two attached hydrogens (primary N) is 1. The van der Waals surface area contributed by atoms with Gasteiger partial charge in [0, 0.05) is 63.7 Å². The third kappa shape index (κ3) is 12.5. The summed E-state index contributed by atoms with van der Waals surface area (Å²) in [5, 5.41) is 22.5. The Morgan fingerprint density at radius 2 is 1.90 bits per heavy atom. The van der Waals surface area contributed by atoms with Crippen LogP contribution in [0.25, 0.3) is 0 Å². The van der Waals surface area contributed by atoms with E-state index in [1.165, 1.54) is 25.4 Å². The fourth-order valence-electron chi connectivity index (χ4n) is 4.78. The van der Waals surface area contributed by atoms with Crippen LogP contribution >= 0.6 is 0 Å². The van der Waals surface area contributed by atoms with Crippen LogP contribution in [0.5, 0.6) is 0 Å². The van der Waals surface area contributed by atoms with Gasteiger partial charge in [0.05, 0.1) is 24.5 Å². The van der Waals surface area contributed by atoms with Crippen LogP contribution in [0.4, 0.5) is 11.5 Å². The lowest BCUT2D eigenvalue weighted by atomic mass is 10.1. The van der Waals surface area contributed by atoms with E-state index in [2.05, 4.69) is 46.5 Å². The zero-order valence-corrected chi connectivity index (χ0v) is 28.2. The van der Waals surface area contributed by atoms with Gasteiger partial charge in [0.15, 0.2) is 18.1 Å². The van der Waals surface area contributed by atoms with Crippen molar-refractivity contribution in [2.45, 2.75) is 44.3 Å². The summed E-state index contributed by atoms with van der Waals surface area (Å²) in [6, 6.07) is 9.15. The number of aliphatic carboxylic acids is 1. The molecule has 18 heteroatoms. The van der Waals surface area contributed by atoms with E-state index in [9.17, 15) is 33.9 Å². The number of guanidine groups is 1. The Kier molecular flexibility index (Phi) is 15.4. The normalized spacial score (nSPS) is 14.3. The highest BCUT2D eigenvalue weighted by Crippen LogP contribution is 2.30. The van der Waals surface area contributed by atoms with Crippen molar-refractivity contribution in [2.24, 2.45) is 10.7 Å². The number of amides is 4. The van der Waals surface area contributed by atoms with Crippen molar-refractivity contribution in [3.05, 3.63) is 77.5 Å². The molecule has 2 aromatic heterocycles. The molecule has 0 spiro atoms. The summed E-state index contributed by atoms with van der Waals surface area (Å²) in [5.74, 6) is -1.79. The van der Waals surface area contributed by atoms with Gasteiger partial charge in [-0.1, -0.05) is 6.07 Å². The lowest BCUT2D eigenvalue weighted by Gasteiger charge is -2.19. The van der Waals surface area contributed by atoms with Crippen molar-refractivity contribution in [3.8, 4) is 0 Å². The number of carboxylic acid groups (broad SMARTS) is 1. The first kappa shape index (κ1) is 39.0. The highest BCUT2D eigenvalue weighted by molar-refractivity contribution is 5.97. The maximum Gasteiger partial charge on any atom is 0.326 e. The van der Waals surface area contributed by atoms with Gasteiger partial charge in [-0.3, -0.25) is 33.9 Å². The van der Waals surface area contributed by atoms with Gasteiger partial charge in [-0.05, 0) is 48.7 Å². The van der Waals surface area contributed by atoms with E-state index in [0.717, 1.165) is 12.0 Å². The molecule has 3 aromatic rings. The predicted octanol–water partition coefficient (Wildman–Crippen LogP) is 0.458.